The summed E-state index contributed by atoms with van der Waals surface area (Å²) in [5.74, 6) is 0.906. The highest BCUT2D eigenvalue weighted by Crippen LogP contribution is 2.18. The third-order valence-electron chi connectivity index (χ3n) is 2.49. The lowest BCUT2D eigenvalue weighted by Crippen LogP contribution is -2.14. The maximum absolute atomic E-state index is 5.89. The van der Waals surface area contributed by atoms with Crippen LogP contribution in [0.15, 0.2) is 24.3 Å². The molecule has 1 aromatic carbocycles. The highest BCUT2D eigenvalue weighted by Gasteiger charge is 2.07. The summed E-state index contributed by atoms with van der Waals surface area (Å²) in [6.45, 7) is 0.552. The Balaban J connectivity index is 2.23. The van der Waals surface area contributed by atoms with Gasteiger partial charge in [-0.05, 0) is 29.3 Å². The largest absolute Gasteiger partial charge is 0.380 e. The van der Waals surface area contributed by atoms with Crippen molar-refractivity contribution in [2.75, 3.05) is 31.4 Å². The predicted octanol–water partition coefficient (Wildman–Crippen LogP) is 2.48. The van der Waals surface area contributed by atoms with Gasteiger partial charge in [-0.1, -0.05) is 12.1 Å². The van der Waals surface area contributed by atoms with Crippen LogP contribution in [-0.2, 0) is 11.3 Å². The van der Waals surface area contributed by atoms with E-state index in [4.69, 9.17) is 16.3 Å². The van der Waals surface area contributed by atoms with Crippen molar-refractivity contribution in [1.82, 2.24) is 15.0 Å². The molecule has 1 N–H and O–H groups in total. The van der Waals surface area contributed by atoms with Crippen LogP contribution in [0.4, 0.5) is 17.6 Å². The quantitative estimate of drug-likeness (QED) is 0.914. The van der Waals surface area contributed by atoms with Gasteiger partial charge in [-0.15, -0.1) is 0 Å². The topological polar surface area (TPSA) is 63.2 Å². The van der Waals surface area contributed by atoms with Crippen molar-refractivity contribution in [3.8, 4) is 0 Å². The lowest BCUT2D eigenvalue weighted by atomic mass is 10.2. The van der Waals surface area contributed by atoms with Gasteiger partial charge >= 0.3 is 0 Å². The number of hydrogen-bond donors (Lipinski definition) is 1. The summed E-state index contributed by atoms with van der Waals surface area (Å²) in [4.78, 5) is 14.1. The average Bonchev–Trinajstić information content (AvgIpc) is 2.38. The van der Waals surface area contributed by atoms with Gasteiger partial charge < -0.3 is 15.0 Å². The average molecular weight is 294 g/mol. The second-order valence-electron chi connectivity index (χ2n) is 4.38. The fraction of sp³-hybridized carbons (Fsp3) is 0.308. The zero-order valence-corrected chi connectivity index (χ0v) is 12.3. The Morgan fingerprint density at radius 2 is 2.05 bits per heavy atom. The van der Waals surface area contributed by atoms with Crippen molar-refractivity contribution in [3.05, 3.63) is 35.1 Å². The predicted molar refractivity (Wildman–Crippen MR) is 79.6 cm³/mol. The number of nitrogens with one attached hydrogen (secondary N) is 1. The molecule has 0 saturated carbocycles. The van der Waals surface area contributed by atoms with Crippen LogP contribution in [-0.4, -0.2) is 36.2 Å². The number of methoxy groups -OCH3 is 1. The summed E-state index contributed by atoms with van der Waals surface area (Å²) >= 11 is 5.89. The van der Waals surface area contributed by atoms with Gasteiger partial charge in [0.15, 0.2) is 0 Å². The zero-order chi connectivity index (χ0) is 14.5. The van der Waals surface area contributed by atoms with Crippen molar-refractivity contribution in [2.24, 2.45) is 0 Å². The van der Waals surface area contributed by atoms with E-state index in [1.807, 2.05) is 38.4 Å². The lowest BCUT2D eigenvalue weighted by molar-refractivity contribution is 0.185. The highest BCUT2D eigenvalue weighted by atomic mass is 35.5. The molecule has 2 rings (SSSR count). The number of hydrogen-bond acceptors (Lipinski definition) is 6. The molecule has 0 atom stereocenters. The van der Waals surface area contributed by atoms with Gasteiger partial charge in [0.2, 0.25) is 17.2 Å². The molecule has 106 valence electrons. The summed E-state index contributed by atoms with van der Waals surface area (Å²) in [5, 5.41) is 3.26. The van der Waals surface area contributed by atoms with Crippen molar-refractivity contribution in [3.63, 3.8) is 0 Å². The van der Waals surface area contributed by atoms with Crippen LogP contribution >= 0.6 is 11.6 Å². The fourth-order valence-corrected chi connectivity index (χ4v) is 1.79. The minimum absolute atomic E-state index is 0.152. The number of rotatable bonds is 5. The Morgan fingerprint density at radius 3 is 2.75 bits per heavy atom. The molecule has 0 unspecified atom stereocenters. The first-order valence-electron chi connectivity index (χ1n) is 6.02. The maximum Gasteiger partial charge on any atom is 0.233 e. The van der Waals surface area contributed by atoms with E-state index >= 15 is 0 Å². The summed E-state index contributed by atoms with van der Waals surface area (Å²) < 4.78 is 5.11. The van der Waals surface area contributed by atoms with E-state index in [0.29, 0.717) is 18.5 Å². The highest BCUT2D eigenvalue weighted by molar-refractivity contribution is 6.28. The summed E-state index contributed by atoms with van der Waals surface area (Å²) in [5.41, 5.74) is 1.93. The minimum atomic E-state index is 0.152. The SMILES string of the molecule is COCc1cccc(Nc2nc(Cl)nc(N(C)C)n2)c1. The number of halogens is 1. The molecule has 0 aliphatic heterocycles. The third-order valence-corrected chi connectivity index (χ3v) is 2.66. The van der Waals surface area contributed by atoms with E-state index in [0.717, 1.165) is 11.3 Å². The molecule has 7 heteroatoms. The Kier molecular flexibility index (Phi) is 4.70. The van der Waals surface area contributed by atoms with Gasteiger partial charge in [-0.25, -0.2) is 0 Å². The second-order valence-corrected chi connectivity index (χ2v) is 4.72. The van der Waals surface area contributed by atoms with Crippen LogP contribution in [0, 0.1) is 0 Å². The zero-order valence-electron chi connectivity index (χ0n) is 11.6. The van der Waals surface area contributed by atoms with Gasteiger partial charge in [0, 0.05) is 26.9 Å². The summed E-state index contributed by atoms with van der Waals surface area (Å²) in [6, 6.07) is 7.81. The van der Waals surface area contributed by atoms with Crippen LogP contribution in [0.5, 0.6) is 0 Å². The summed E-state index contributed by atoms with van der Waals surface area (Å²) in [7, 11) is 5.35. The fourth-order valence-electron chi connectivity index (χ4n) is 1.63. The Hall–Kier alpha value is -1.92. The van der Waals surface area contributed by atoms with Crippen molar-refractivity contribution in [1.29, 1.82) is 0 Å². The lowest BCUT2D eigenvalue weighted by Gasteiger charge is -2.12. The van der Waals surface area contributed by atoms with Crippen LogP contribution in [0.2, 0.25) is 5.28 Å². The van der Waals surface area contributed by atoms with Crippen molar-refractivity contribution in [2.45, 2.75) is 6.61 Å². The second kappa shape index (κ2) is 6.49. The number of nitrogens with zero attached hydrogens (tertiary/aromatic N) is 4. The number of anilines is 3. The Morgan fingerprint density at radius 1 is 1.25 bits per heavy atom. The molecule has 20 heavy (non-hydrogen) atoms. The molecule has 6 nitrogen and oxygen atoms in total. The molecule has 0 radical (unpaired) electrons. The van der Waals surface area contributed by atoms with E-state index in [2.05, 4.69) is 20.3 Å². The molecule has 0 fully saturated rings. The number of ether oxygens (including phenoxy) is 1. The van der Waals surface area contributed by atoms with E-state index in [-0.39, 0.29) is 5.28 Å². The Bertz CT molecular complexity index is 591. The normalized spacial score (nSPS) is 10.4. The molecular weight excluding hydrogens is 278 g/mol. The smallest absolute Gasteiger partial charge is 0.233 e. The molecular formula is C13H16ClN5O. The van der Waals surface area contributed by atoms with E-state index in [1.54, 1.807) is 12.0 Å². The maximum atomic E-state index is 5.89. The van der Waals surface area contributed by atoms with Gasteiger partial charge in [-0.3, -0.25) is 0 Å². The monoisotopic (exact) mass is 293 g/mol. The molecule has 2 aromatic rings. The first kappa shape index (κ1) is 14.5. The molecule has 1 aromatic heterocycles. The van der Waals surface area contributed by atoms with Crippen LogP contribution in [0.1, 0.15) is 5.56 Å². The summed E-state index contributed by atoms with van der Waals surface area (Å²) in [6.07, 6.45) is 0. The molecule has 0 amide bonds. The Labute approximate surface area is 122 Å². The molecule has 0 aliphatic rings. The van der Waals surface area contributed by atoms with Gasteiger partial charge in [0.05, 0.1) is 6.61 Å². The molecule has 1 heterocycles. The van der Waals surface area contributed by atoms with Gasteiger partial charge in [0.1, 0.15) is 0 Å². The third kappa shape index (κ3) is 3.79. The van der Waals surface area contributed by atoms with E-state index < -0.39 is 0 Å². The van der Waals surface area contributed by atoms with E-state index in [1.165, 1.54) is 0 Å². The number of benzene rings is 1. The van der Waals surface area contributed by atoms with E-state index in [9.17, 15) is 0 Å². The van der Waals surface area contributed by atoms with Crippen LogP contribution in [0.25, 0.3) is 0 Å². The number of aromatic nitrogens is 3. The molecule has 0 spiro atoms. The first-order chi connectivity index (χ1) is 9.58. The molecule has 0 saturated heterocycles. The first-order valence-corrected chi connectivity index (χ1v) is 6.40. The van der Waals surface area contributed by atoms with Crippen molar-refractivity contribution >= 4 is 29.2 Å². The van der Waals surface area contributed by atoms with Crippen LogP contribution < -0.4 is 10.2 Å². The minimum Gasteiger partial charge on any atom is -0.380 e. The van der Waals surface area contributed by atoms with Crippen molar-refractivity contribution < 1.29 is 4.74 Å². The van der Waals surface area contributed by atoms with Gasteiger partial charge in [0.25, 0.3) is 0 Å². The molecule has 0 aliphatic carbocycles. The standard InChI is InChI=1S/C13H16ClN5O/c1-19(2)13-17-11(14)16-12(18-13)15-10-6-4-5-9(7-10)8-20-3/h4-7H,8H2,1-3H3,(H,15,16,17,18). The molecule has 0 bridgehead atoms. The van der Waals surface area contributed by atoms with Gasteiger partial charge in [-0.2, -0.15) is 15.0 Å². The van der Waals surface area contributed by atoms with Crippen LogP contribution in [0.3, 0.4) is 0 Å².